The SMILES string of the molecule is O=C1NC2=CC=CC=CC2C1c1cn2cccnc2n1. The normalized spacial score (nSPS) is 24.4. The Labute approximate surface area is 115 Å². The highest BCUT2D eigenvalue weighted by Gasteiger charge is 2.39. The van der Waals surface area contributed by atoms with Gasteiger partial charge in [-0.25, -0.2) is 9.97 Å². The topological polar surface area (TPSA) is 59.3 Å². The van der Waals surface area contributed by atoms with Crippen molar-refractivity contribution in [1.29, 1.82) is 0 Å². The van der Waals surface area contributed by atoms with E-state index in [-0.39, 0.29) is 17.7 Å². The van der Waals surface area contributed by atoms with Crippen molar-refractivity contribution in [3.63, 3.8) is 0 Å². The predicted molar refractivity (Wildman–Crippen MR) is 73.7 cm³/mol. The van der Waals surface area contributed by atoms with Crippen LogP contribution in [0.2, 0.25) is 0 Å². The number of rotatable bonds is 1. The van der Waals surface area contributed by atoms with E-state index in [9.17, 15) is 4.79 Å². The number of nitrogens with one attached hydrogen (secondary N) is 1. The van der Waals surface area contributed by atoms with Crippen LogP contribution in [0.3, 0.4) is 0 Å². The minimum Gasteiger partial charge on any atom is -0.329 e. The third-order valence-electron chi connectivity index (χ3n) is 3.66. The molecule has 0 saturated carbocycles. The summed E-state index contributed by atoms with van der Waals surface area (Å²) in [6, 6.07) is 1.84. The van der Waals surface area contributed by atoms with Crippen LogP contribution in [-0.2, 0) is 4.79 Å². The Hall–Kier alpha value is -2.69. The maximum absolute atomic E-state index is 12.3. The van der Waals surface area contributed by atoms with Crippen LogP contribution in [0.5, 0.6) is 0 Å². The molecule has 1 fully saturated rings. The lowest BCUT2D eigenvalue weighted by atomic mass is 9.90. The Kier molecular flexibility index (Phi) is 2.32. The van der Waals surface area contributed by atoms with Crippen molar-refractivity contribution in [1.82, 2.24) is 19.7 Å². The summed E-state index contributed by atoms with van der Waals surface area (Å²) >= 11 is 0. The lowest BCUT2D eigenvalue weighted by Crippen LogP contribution is -2.18. The van der Waals surface area contributed by atoms with Crippen LogP contribution in [0.4, 0.5) is 0 Å². The van der Waals surface area contributed by atoms with Crippen molar-refractivity contribution in [2.75, 3.05) is 0 Å². The minimum atomic E-state index is -0.293. The van der Waals surface area contributed by atoms with Gasteiger partial charge in [-0.1, -0.05) is 24.3 Å². The van der Waals surface area contributed by atoms with Crippen LogP contribution in [0.15, 0.2) is 60.7 Å². The highest BCUT2D eigenvalue weighted by atomic mass is 16.2. The first-order chi connectivity index (χ1) is 9.83. The van der Waals surface area contributed by atoms with Gasteiger partial charge in [0.25, 0.3) is 0 Å². The molecule has 4 rings (SSSR count). The van der Waals surface area contributed by atoms with Gasteiger partial charge in [0.1, 0.15) is 0 Å². The zero-order valence-electron chi connectivity index (χ0n) is 10.6. The van der Waals surface area contributed by atoms with Gasteiger partial charge in [-0.05, 0) is 12.1 Å². The standard InChI is InChI=1S/C15H12N4O/c20-14-13(10-5-2-1-3-6-11(10)17-14)12-9-19-8-4-7-16-15(19)18-12/h1-10,13H,(H,17,20). The largest absolute Gasteiger partial charge is 0.329 e. The fraction of sp³-hybridized carbons (Fsp3) is 0.133. The van der Waals surface area contributed by atoms with E-state index in [1.807, 2.05) is 53.2 Å². The zero-order chi connectivity index (χ0) is 13.5. The maximum Gasteiger partial charge on any atom is 0.234 e. The third-order valence-corrected chi connectivity index (χ3v) is 3.66. The van der Waals surface area contributed by atoms with Gasteiger partial charge in [0, 0.05) is 30.2 Å². The van der Waals surface area contributed by atoms with Crippen LogP contribution < -0.4 is 5.32 Å². The Morgan fingerprint density at radius 3 is 3.10 bits per heavy atom. The fourth-order valence-electron chi connectivity index (χ4n) is 2.74. The second-order valence-electron chi connectivity index (χ2n) is 4.88. The highest BCUT2D eigenvalue weighted by molar-refractivity contribution is 5.89. The number of carbonyl (C=O) groups excluding carboxylic acids is 1. The molecule has 2 aromatic rings. The van der Waals surface area contributed by atoms with Gasteiger partial charge in [-0.15, -0.1) is 0 Å². The number of hydrogen-bond acceptors (Lipinski definition) is 3. The molecule has 0 bridgehead atoms. The summed E-state index contributed by atoms with van der Waals surface area (Å²) in [6.07, 6.45) is 15.3. The monoisotopic (exact) mass is 264 g/mol. The van der Waals surface area contributed by atoms with E-state index in [0.29, 0.717) is 5.78 Å². The molecule has 20 heavy (non-hydrogen) atoms. The molecule has 1 aliphatic heterocycles. The fourth-order valence-corrected chi connectivity index (χ4v) is 2.74. The molecule has 2 atom stereocenters. The number of allylic oxidation sites excluding steroid dienone is 5. The molecule has 0 radical (unpaired) electrons. The maximum atomic E-state index is 12.3. The van der Waals surface area contributed by atoms with E-state index in [1.165, 1.54) is 0 Å². The molecule has 5 heteroatoms. The average Bonchev–Trinajstić information content (AvgIpc) is 2.92. The Balaban J connectivity index is 1.82. The van der Waals surface area contributed by atoms with E-state index in [1.54, 1.807) is 6.20 Å². The summed E-state index contributed by atoms with van der Waals surface area (Å²) < 4.78 is 1.84. The molecule has 3 heterocycles. The van der Waals surface area contributed by atoms with Crippen LogP contribution in [0.25, 0.3) is 5.78 Å². The van der Waals surface area contributed by atoms with E-state index in [2.05, 4.69) is 15.3 Å². The van der Waals surface area contributed by atoms with Crippen molar-refractivity contribution in [2.24, 2.45) is 5.92 Å². The molecule has 0 spiro atoms. The number of aromatic nitrogens is 3. The first-order valence-electron chi connectivity index (χ1n) is 6.48. The van der Waals surface area contributed by atoms with Crippen LogP contribution in [-0.4, -0.2) is 20.3 Å². The Bertz CT molecular complexity index is 751. The molecule has 1 aliphatic carbocycles. The van der Waals surface area contributed by atoms with Crippen molar-refractivity contribution >= 4 is 11.7 Å². The van der Waals surface area contributed by atoms with Gasteiger partial charge >= 0.3 is 0 Å². The number of amides is 1. The summed E-state index contributed by atoms with van der Waals surface area (Å²) in [5, 5.41) is 2.94. The van der Waals surface area contributed by atoms with Gasteiger partial charge in [0.15, 0.2) is 0 Å². The Morgan fingerprint density at radius 2 is 2.20 bits per heavy atom. The summed E-state index contributed by atoms with van der Waals surface area (Å²) in [7, 11) is 0. The van der Waals surface area contributed by atoms with E-state index in [0.717, 1.165) is 11.4 Å². The molecule has 1 N–H and O–H groups in total. The second kappa shape index (κ2) is 4.16. The summed E-state index contributed by atoms with van der Waals surface area (Å²) in [5.74, 6) is 0.328. The number of nitrogens with zero attached hydrogens (tertiary/aromatic N) is 3. The molecule has 2 aliphatic rings. The minimum absolute atomic E-state index is 0.00962. The summed E-state index contributed by atoms with van der Waals surface area (Å²) in [5.41, 5.74) is 1.68. The smallest absolute Gasteiger partial charge is 0.234 e. The van der Waals surface area contributed by atoms with E-state index >= 15 is 0 Å². The average molecular weight is 264 g/mol. The lowest BCUT2D eigenvalue weighted by Gasteiger charge is -2.10. The molecule has 0 aromatic carbocycles. The predicted octanol–water partition coefficient (Wildman–Crippen LogP) is 1.57. The quantitative estimate of drug-likeness (QED) is 0.850. The van der Waals surface area contributed by atoms with Gasteiger partial charge in [0.05, 0.1) is 11.6 Å². The number of fused-ring (bicyclic) bond motifs is 2. The summed E-state index contributed by atoms with van der Waals surface area (Å²) in [4.78, 5) is 20.9. The van der Waals surface area contributed by atoms with Gasteiger partial charge in [0.2, 0.25) is 11.7 Å². The highest BCUT2D eigenvalue weighted by Crippen LogP contribution is 2.36. The molecule has 2 unspecified atom stereocenters. The van der Waals surface area contributed by atoms with Crippen molar-refractivity contribution in [3.05, 3.63) is 66.4 Å². The lowest BCUT2D eigenvalue weighted by molar-refractivity contribution is -0.120. The zero-order valence-corrected chi connectivity index (χ0v) is 10.6. The molecular weight excluding hydrogens is 252 g/mol. The van der Waals surface area contributed by atoms with Crippen LogP contribution in [0.1, 0.15) is 11.6 Å². The first-order valence-corrected chi connectivity index (χ1v) is 6.48. The van der Waals surface area contributed by atoms with E-state index in [4.69, 9.17) is 0 Å². The number of imidazole rings is 1. The van der Waals surface area contributed by atoms with E-state index < -0.39 is 0 Å². The molecule has 5 nitrogen and oxygen atoms in total. The first kappa shape index (κ1) is 11.2. The molecule has 1 amide bonds. The van der Waals surface area contributed by atoms with Crippen molar-refractivity contribution < 1.29 is 4.79 Å². The molecule has 1 saturated heterocycles. The van der Waals surface area contributed by atoms with Crippen LogP contribution >= 0.6 is 0 Å². The van der Waals surface area contributed by atoms with Gasteiger partial charge in [-0.3, -0.25) is 9.20 Å². The van der Waals surface area contributed by atoms with Crippen molar-refractivity contribution in [2.45, 2.75) is 5.92 Å². The molecular formula is C15H12N4O. The molecule has 98 valence electrons. The Morgan fingerprint density at radius 1 is 1.25 bits per heavy atom. The third kappa shape index (κ3) is 1.60. The summed E-state index contributed by atoms with van der Waals surface area (Å²) in [6.45, 7) is 0. The molecule has 2 aromatic heterocycles. The van der Waals surface area contributed by atoms with Gasteiger partial charge < -0.3 is 5.32 Å². The van der Waals surface area contributed by atoms with Gasteiger partial charge in [-0.2, -0.15) is 0 Å². The number of carbonyl (C=O) groups is 1. The van der Waals surface area contributed by atoms with Crippen molar-refractivity contribution in [3.8, 4) is 0 Å². The second-order valence-corrected chi connectivity index (χ2v) is 4.88. The van der Waals surface area contributed by atoms with Crippen LogP contribution in [0, 0.1) is 5.92 Å². The number of hydrogen-bond donors (Lipinski definition) is 1.